The minimum absolute atomic E-state index is 0.755. The Hall–Kier alpha value is -1.08. The number of rotatable bonds is 3. The van der Waals surface area contributed by atoms with Crippen LogP contribution in [0.2, 0.25) is 0 Å². The lowest BCUT2D eigenvalue weighted by Gasteiger charge is -2.16. The fourth-order valence-electron chi connectivity index (χ4n) is 2.69. The number of benzene rings is 1. The zero-order valence-corrected chi connectivity index (χ0v) is 10.3. The maximum Gasteiger partial charge on any atom is 0.00175 e. The van der Waals surface area contributed by atoms with Gasteiger partial charge in [0.05, 0.1) is 0 Å². The van der Waals surface area contributed by atoms with Crippen LogP contribution in [0.5, 0.6) is 0 Å². The highest BCUT2D eigenvalue weighted by molar-refractivity contribution is 5.67. The predicted molar refractivity (Wildman–Crippen MR) is 70.3 cm³/mol. The fraction of sp³-hybridized carbons (Fsp3) is 0.467. The number of hydrogen-bond acceptors (Lipinski definition) is 1. The molecule has 1 heteroatoms. The Kier molecular flexibility index (Phi) is 3.79. The first kappa shape index (κ1) is 11.4. The third-order valence-corrected chi connectivity index (χ3v) is 3.62. The van der Waals surface area contributed by atoms with Crippen LogP contribution in [0.1, 0.15) is 32.3 Å². The molecular weight excluding hydrogens is 194 g/mol. The van der Waals surface area contributed by atoms with Crippen molar-refractivity contribution in [3.8, 4) is 0 Å². The van der Waals surface area contributed by atoms with Gasteiger partial charge in [0.15, 0.2) is 0 Å². The molecule has 0 radical (unpaired) electrons. The summed E-state index contributed by atoms with van der Waals surface area (Å²) in [7, 11) is 0. The van der Waals surface area contributed by atoms with E-state index in [0.717, 1.165) is 12.5 Å². The summed E-state index contributed by atoms with van der Waals surface area (Å²) in [5.74, 6) is 0.755. The van der Waals surface area contributed by atoms with Crippen LogP contribution in [-0.4, -0.2) is 13.1 Å². The summed E-state index contributed by atoms with van der Waals surface area (Å²) in [4.78, 5) is 0. The van der Waals surface area contributed by atoms with Gasteiger partial charge in [-0.2, -0.15) is 0 Å². The van der Waals surface area contributed by atoms with Crippen LogP contribution in [0.15, 0.2) is 35.9 Å². The summed E-state index contributed by atoms with van der Waals surface area (Å²) >= 11 is 0. The van der Waals surface area contributed by atoms with Gasteiger partial charge >= 0.3 is 0 Å². The van der Waals surface area contributed by atoms with E-state index in [4.69, 9.17) is 0 Å². The molecule has 1 atom stereocenters. The molecule has 0 aliphatic carbocycles. The maximum absolute atomic E-state index is 3.46. The van der Waals surface area contributed by atoms with Crippen molar-refractivity contribution in [2.75, 3.05) is 13.1 Å². The average Bonchev–Trinajstić information content (AvgIpc) is 2.85. The molecule has 0 saturated carbocycles. The van der Waals surface area contributed by atoms with Gasteiger partial charge in [0.2, 0.25) is 0 Å². The molecule has 1 saturated heterocycles. The van der Waals surface area contributed by atoms with E-state index in [1.54, 1.807) is 5.57 Å². The van der Waals surface area contributed by atoms with Crippen molar-refractivity contribution >= 4 is 5.57 Å². The van der Waals surface area contributed by atoms with Crippen molar-refractivity contribution in [1.82, 2.24) is 5.32 Å². The van der Waals surface area contributed by atoms with Gasteiger partial charge in [-0.3, -0.25) is 0 Å². The fourth-order valence-corrected chi connectivity index (χ4v) is 2.69. The molecule has 1 aliphatic rings. The molecule has 2 rings (SSSR count). The van der Waals surface area contributed by atoms with Crippen LogP contribution in [0.4, 0.5) is 0 Å². The van der Waals surface area contributed by atoms with Crippen molar-refractivity contribution in [2.24, 2.45) is 5.92 Å². The smallest absolute Gasteiger partial charge is 0.00175 e. The van der Waals surface area contributed by atoms with Crippen LogP contribution < -0.4 is 5.32 Å². The lowest BCUT2D eigenvalue weighted by Crippen LogP contribution is -2.11. The van der Waals surface area contributed by atoms with E-state index in [0.29, 0.717) is 0 Å². The van der Waals surface area contributed by atoms with Gasteiger partial charge < -0.3 is 5.32 Å². The van der Waals surface area contributed by atoms with Crippen LogP contribution >= 0.6 is 0 Å². The number of hydrogen-bond donors (Lipinski definition) is 1. The van der Waals surface area contributed by atoms with Crippen molar-refractivity contribution < 1.29 is 0 Å². The van der Waals surface area contributed by atoms with E-state index in [2.05, 4.69) is 49.5 Å². The first-order valence-electron chi connectivity index (χ1n) is 6.28. The van der Waals surface area contributed by atoms with E-state index >= 15 is 0 Å². The van der Waals surface area contributed by atoms with Gasteiger partial charge in [0, 0.05) is 6.54 Å². The summed E-state index contributed by atoms with van der Waals surface area (Å²) in [5.41, 5.74) is 4.50. The minimum Gasteiger partial charge on any atom is -0.316 e. The van der Waals surface area contributed by atoms with Crippen LogP contribution in [-0.2, 0) is 0 Å². The van der Waals surface area contributed by atoms with Crippen LogP contribution in [0.3, 0.4) is 0 Å². The van der Waals surface area contributed by atoms with Crippen LogP contribution in [0, 0.1) is 5.92 Å². The highest BCUT2D eigenvalue weighted by Gasteiger charge is 2.19. The average molecular weight is 215 g/mol. The monoisotopic (exact) mass is 215 g/mol. The number of allylic oxidation sites excluding steroid dienone is 1. The van der Waals surface area contributed by atoms with Gasteiger partial charge in [-0.15, -0.1) is 0 Å². The van der Waals surface area contributed by atoms with Crippen molar-refractivity contribution in [3.05, 3.63) is 41.5 Å². The predicted octanol–water partition coefficient (Wildman–Crippen LogP) is 3.48. The van der Waals surface area contributed by atoms with Gasteiger partial charge in [0.1, 0.15) is 0 Å². The first-order chi connectivity index (χ1) is 7.83. The standard InChI is InChI=1S/C15H21N/c1-3-15(14-9-10-16-11-14)12(2)13-7-5-4-6-8-13/h4-8,14,16H,3,9-11H2,1-2H3/b15-12+. The molecule has 0 aromatic heterocycles. The normalized spacial score (nSPS) is 22.0. The van der Waals surface area contributed by atoms with Gasteiger partial charge in [-0.05, 0) is 43.4 Å². The molecule has 1 fully saturated rings. The van der Waals surface area contributed by atoms with Gasteiger partial charge in [-0.1, -0.05) is 42.8 Å². The lowest BCUT2D eigenvalue weighted by atomic mass is 9.89. The summed E-state index contributed by atoms with van der Waals surface area (Å²) in [6, 6.07) is 10.8. The highest BCUT2D eigenvalue weighted by atomic mass is 14.9. The summed E-state index contributed by atoms with van der Waals surface area (Å²) in [6.45, 7) is 6.89. The molecule has 1 aromatic rings. The zero-order valence-electron chi connectivity index (χ0n) is 10.3. The van der Waals surface area contributed by atoms with Crippen molar-refractivity contribution in [3.63, 3.8) is 0 Å². The Labute approximate surface area is 98.6 Å². The SMILES string of the molecule is CC/C(=C(/C)c1ccccc1)C1CCNC1. The Morgan fingerprint density at radius 2 is 2.06 bits per heavy atom. The highest BCUT2D eigenvalue weighted by Crippen LogP contribution is 2.29. The molecule has 1 unspecified atom stereocenters. The van der Waals surface area contributed by atoms with E-state index in [9.17, 15) is 0 Å². The zero-order chi connectivity index (χ0) is 11.4. The largest absolute Gasteiger partial charge is 0.316 e. The molecule has 1 aromatic carbocycles. The Morgan fingerprint density at radius 3 is 2.62 bits per heavy atom. The molecule has 0 bridgehead atoms. The third kappa shape index (κ3) is 2.35. The topological polar surface area (TPSA) is 12.0 Å². The summed E-state index contributed by atoms with van der Waals surface area (Å²) < 4.78 is 0. The molecule has 1 N–H and O–H groups in total. The molecule has 1 nitrogen and oxygen atoms in total. The second kappa shape index (κ2) is 5.31. The van der Waals surface area contributed by atoms with Gasteiger partial charge in [0.25, 0.3) is 0 Å². The Morgan fingerprint density at radius 1 is 1.31 bits per heavy atom. The molecule has 1 aliphatic heterocycles. The van der Waals surface area contributed by atoms with Crippen molar-refractivity contribution in [2.45, 2.75) is 26.7 Å². The maximum atomic E-state index is 3.46. The molecule has 1 heterocycles. The molecule has 86 valence electrons. The Balaban J connectivity index is 2.29. The van der Waals surface area contributed by atoms with E-state index in [1.807, 2.05) is 0 Å². The Bertz CT molecular complexity index is 358. The minimum atomic E-state index is 0.755. The lowest BCUT2D eigenvalue weighted by molar-refractivity contribution is 0.658. The molecule has 16 heavy (non-hydrogen) atoms. The van der Waals surface area contributed by atoms with E-state index in [1.165, 1.54) is 30.5 Å². The van der Waals surface area contributed by atoms with E-state index < -0.39 is 0 Å². The van der Waals surface area contributed by atoms with Gasteiger partial charge in [-0.25, -0.2) is 0 Å². The summed E-state index contributed by atoms with van der Waals surface area (Å²) in [6.07, 6.45) is 2.47. The van der Waals surface area contributed by atoms with Crippen LogP contribution in [0.25, 0.3) is 5.57 Å². The third-order valence-electron chi connectivity index (χ3n) is 3.62. The number of nitrogens with one attached hydrogen (secondary N) is 1. The van der Waals surface area contributed by atoms with E-state index in [-0.39, 0.29) is 0 Å². The molecular formula is C15H21N. The van der Waals surface area contributed by atoms with Crippen molar-refractivity contribution in [1.29, 1.82) is 0 Å². The molecule has 0 spiro atoms. The summed E-state index contributed by atoms with van der Waals surface area (Å²) in [5, 5.41) is 3.46. The second-order valence-electron chi connectivity index (χ2n) is 4.56. The second-order valence-corrected chi connectivity index (χ2v) is 4.56. The first-order valence-corrected chi connectivity index (χ1v) is 6.28. The quantitative estimate of drug-likeness (QED) is 0.814. The molecule has 0 amide bonds.